The molecule has 1 saturated heterocycles. The second-order valence-electron chi connectivity index (χ2n) is 7.20. The Kier molecular flexibility index (Phi) is 4.60. The van der Waals surface area contributed by atoms with E-state index in [1.54, 1.807) is 7.11 Å². The first-order chi connectivity index (χ1) is 14.3. The number of methoxy groups -OCH3 is 1. The molecule has 150 valence electrons. The number of rotatable bonds is 4. The van der Waals surface area contributed by atoms with E-state index in [4.69, 9.17) is 23.4 Å². The SMILES string of the molecule is COc1ccccc1C1(c2nnc(C3COc4ccccc4O3)o2)CCOCC1. The summed E-state index contributed by atoms with van der Waals surface area (Å²) in [5, 5.41) is 8.74. The molecule has 1 unspecified atom stereocenters. The molecule has 0 N–H and O–H groups in total. The van der Waals surface area contributed by atoms with Gasteiger partial charge in [-0.3, -0.25) is 0 Å². The summed E-state index contributed by atoms with van der Waals surface area (Å²) in [6.07, 6.45) is 1.03. The van der Waals surface area contributed by atoms with Crippen LogP contribution < -0.4 is 14.2 Å². The van der Waals surface area contributed by atoms with Crippen molar-refractivity contribution in [1.29, 1.82) is 0 Å². The Balaban J connectivity index is 1.50. The molecule has 0 bridgehead atoms. The van der Waals surface area contributed by atoms with Crippen LogP contribution in [0.4, 0.5) is 0 Å². The predicted octanol–water partition coefficient (Wildman–Crippen LogP) is 3.69. The van der Waals surface area contributed by atoms with E-state index in [2.05, 4.69) is 16.3 Å². The number of hydrogen-bond donors (Lipinski definition) is 0. The molecule has 7 nitrogen and oxygen atoms in total. The zero-order valence-corrected chi connectivity index (χ0v) is 16.2. The highest BCUT2D eigenvalue weighted by atomic mass is 16.6. The Labute approximate surface area is 168 Å². The summed E-state index contributed by atoms with van der Waals surface area (Å²) in [6.45, 7) is 1.56. The van der Waals surface area contributed by atoms with Crippen LogP contribution in [0.1, 0.15) is 36.3 Å². The minimum atomic E-state index is -0.455. The lowest BCUT2D eigenvalue weighted by atomic mass is 9.73. The Morgan fingerprint density at radius 2 is 1.72 bits per heavy atom. The number of fused-ring (bicyclic) bond motifs is 1. The van der Waals surface area contributed by atoms with Gasteiger partial charge in [-0.25, -0.2) is 0 Å². The molecule has 0 aliphatic carbocycles. The molecule has 1 fully saturated rings. The molecule has 2 aromatic carbocycles. The third-order valence-corrected chi connectivity index (χ3v) is 5.60. The van der Waals surface area contributed by atoms with E-state index in [1.807, 2.05) is 42.5 Å². The van der Waals surface area contributed by atoms with Gasteiger partial charge in [0, 0.05) is 18.8 Å². The molecule has 3 heterocycles. The van der Waals surface area contributed by atoms with Crippen LogP contribution in [0.5, 0.6) is 17.2 Å². The molecule has 0 spiro atoms. The number of nitrogens with zero attached hydrogens (tertiary/aromatic N) is 2. The van der Waals surface area contributed by atoms with Crippen molar-refractivity contribution in [1.82, 2.24) is 10.2 Å². The van der Waals surface area contributed by atoms with Crippen LogP contribution >= 0.6 is 0 Å². The van der Waals surface area contributed by atoms with Gasteiger partial charge in [-0.1, -0.05) is 30.3 Å². The van der Waals surface area contributed by atoms with Crippen molar-refractivity contribution in [3.63, 3.8) is 0 Å². The van der Waals surface area contributed by atoms with E-state index in [9.17, 15) is 0 Å². The van der Waals surface area contributed by atoms with E-state index in [0.717, 1.165) is 29.9 Å². The average Bonchev–Trinajstić information content (AvgIpc) is 3.30. The van der Waals surface area contributed by atoms with Crippen molar-refractivity contribution in [2.24, 2.45) is 0 Å². The maximum Gasteiger partial charge on any atom is 0.260 e. The maximum atomic E-state index is 6.20. The largest absolute Gasteiger partial charge is 0.496 e. The van der Waals surface area contributed by atoms with Gasteiger partial charge in [0.05, 0.1) is 12.5 Å². The number of hydrogen-bond acceptors (Lipinski definition) is 7. The van der Waals surface area contributed by atoms with Crippen molar-refractivity contribution < 1.29 is 23.4 Å². The Hall–Kier alpha value is -3.06. The third kappa shape index (κ3) is 3.11. The van der Waals surface area contributed by atoms with Crippen molar-refractivity contribution >= 4 is 0 Å². The lowest BCUT2D eigenvalue weighted by Crippen LogP contribution is -2.35. The van der Waals surface area contributed by atoms with E-state index in [0.29, 0.717) is 37.4 Å². The Morgan fingerprint density at radius 1 is 0.966 bits per heavy atom. The first kappa shape index (κ1) is 18.0. The fourth-order valence-corrected chi connectivity index (χ4v) is 4.06. The summed E-state index contributed by atoms with van der Waals surface area (Å²) < 4.78 is 29.3. The topological polar surface area (TPSA) is 75.8 Å². The summed E-state index contributed by atoms with van der Waals surface area (Å²) in [6, 6.07) is 15.5. The normalized spacial score (nSPS) is 20.2. The van der Waals surface area contributed by atoms with Crippen LogP contribution in [0.25, 0.3) is 0 Å². The molecule has 2 aliphatic heterocycles. The Bertz CT molecular complexity index is 996. The minimum absolute atomic E-state index is 0.323. The van der Waals surface area contributed by atoms with Crippen molar-refractivity contribution in [3.8, 4) is 17.2 Å². The van der Waals surface area contributed by atoms with Gasteiger partial charge in [-0.15, -0.1) is 10.2 Å². The number of para-hydroxylation sites is 3. The summed E-state index contributed by atoms with van der Waals surface area (Å²) in [7, 11) is 1.68. The van der Waals surface area contributed by atoms with Crippen LogP contribution in [-0.2, 0) is 10.2 Å². The maximum absolute atomic E-state index is 6.20. The average molecular weight is 394 g/mol. The van der Waals surface area contributed by atoms with Gasteiger partial charge in [0.2, 0.25) is 12.0 Å². The molecular formula is C22H22N2O5. The zero-order chi connectivity index (χ0) is 19.7. The highest BCUT2D eigenvalue weighted by molar-refractivity contribution is 5.44. The Morgan fingerprint density at radius 3 is 2.55 bits per heavy atom. The molecule has 5 rings (SSSR count). The van der Waals surface area contributed by atoms with E-state index in [1.165, 1.54) is 0 Å². The highest BCUT2D eigenvalue weighted by Gasteiger charge is 2.44. The predicted molar refractivity (Wildman–Crippen MR) is 103 cm³/mol. The molecule has 7 heteroatoms. The van der Waals surface area contributed by atoms with Crippen LogP contribution in [0.15, 0.2) is 52.9 Å². The minimum Gasteiger partial charge on any atom is -0.496 e. The van der Waals surface area contributed by atoms with Gasteiger partial charge < -0.3 is 23.4 Å². The molecule has 0 radical (unpaired) electrons. The lowest BCUT2D eigenvalue weighted by molar-refractivity contribution is 0.0474. The summed E-state index contributed by atoms with van der Waals surface area (Å²) in [4.78, 5) is 0. The van der Waals surface area contributed by atoms with Crippen molar-refractivity contribution in [3.05, 3.63) is 65.9 Å². The van der Waals surface area contributed by atoms with E-state index in [-0.39, 0.29) is 0 Å². The van der Waals surface area contributed by atoms with Crippen LogP contribution in [0, 0.1) is 0 Å². The first-order valence-corrected chi connectivity index (χ1v) is 9.74. The lowest BCUT2D eigenvalue weighted by Gasteiger charge is -2.35. The van der Waals surface area contributed by atoms with Crippen LogP contribution in [0.2, 0.25) is 0 Å². The fraction of sp³-hybridized carbons (Fsp3) is 0.364. The number of benzene rings is 2. The van der Waals surface area contributed by atoms with Crippen LogP contribution in [0.3, 0.4) is 0 Å². The molecule has 3 aromatic rings. The van der Waals surface area contributed by atoms with E-state index < -0.39 is 11.5 Å². The van der Waals surface area contributed by atoms with Gasteiger partial charge in [-0.2, -0.15) is 0 Å². The van der Waals surface area contributed by atoms with Crippen molar-refractivity contribution in [2.45, 2.75) is 24.4 Å². The van der Waals surface area contributed by atoms with E-state index >= 15 is 0 Å². The molecule has 1 aromatic heterocycles. The monoisotopic (exact) mass is 394 g/mol. The van der Waals surface area contributed by atoms with Gasteiger partial charge in [0.1, 0.15) is 12.4 Å². The molecule has 0 saturated carbocycles. The zero-order valence-electron chi connectivity index (χ0n) is 16.2. The third-order valence-electron chi connectivity index (χ3n) is 5.60. The summed E-state index contributed by atoms with van der Waals surface area (Å²) >= 11 is 0. The van der Waals surface area contributed by atoms with Crippen LogP contribution in [-0.4, -0.2) is 37.1 Å². The standard InChI is InChI=1S/C22H22N2O5/c1-25-16-7-3-2-6-15(16)22(10-12-26-13-11-22)21-24-23-20(29-21)19-14-27-17-8-4-5-9-18(17)28-19/h2-9,19H,10-14H2,1H3. The molecule has 0 amide bonds. The second-order valence-corrected chi connectivity index (χ2v) is 7.20. The summed E-state index contributed by atoms with van der Waals surface area (Å²) in [5.74, 6) is 3.17. The van der Waals surface area contributed by atoms with Gasteiger partial charge in [0.15, 0.2) is 11.5 Å². The van der Waals surface area contributed by atoms with Crippen molar-refractivity contribution in [2.75, 3.05) is 26.9 Å². The van der Waals surface area contributed by atoms with Gasteiger partial charge in [0.25, 0.3) is 5.89 Å². The summed E-state index contributed by atoms with van der Waals surface area (Å²) in [5.41, 5.74) is 0.580. The number of aromatic nitrogens is 2. The quantitative estimate of drug-likeness (QED) is 0.668. The molecule has 1 atom stereocenters. The number of ether oxygens (including phenoxy) is 4. The molecule has 29 heavy (non-hydrogen) atoms. The first-order valence-electron chi connectivity index (χ1n) is 9.74. The second kappa shape index (κ2) is 7.40. The molecule has 2 aliphatic rings. The highest BCUT2D eigenvalue weighted by Crippen LogP contribution is 2.45. The molecular weight excluding hydrogens is 372 g/mol. The fourth-order valence-electron chi connectivity index (χ4n) is 4.06. The smallest absolute Gasteiger partial charge is 0.260 e. The van der Waals surface area contributed by atoms with Gasteiger partial charge >= 0.3 is 0 Å². The van der Waals surface area contributed by atoms with Gasteiger partial charge in [-0.05, 0) is 31.0 Å².